The molecule has 1 unspecified atom stereocenters. The van der Waals surface area contributed by atoms with E-state index in [1.54, 1.807) is 0 Å². The van der Waals surface area contributed by atoms with Crippen molar-refractivity contribution in [1.82, 2.24) is 4.90 Å². The van der Waals surface area contributed by atoms with E-state index in [4.69, 9.17) is 5.73 Å². The molecule has 2 aliphatic rings. The van der Waals surface area contributed by atoms with Gasteiger partial charge in [0.1, 0.15) is 0 Å². The number of benzene rings is 1. The van der Waals surface area contributed by atoms with Crippen molar-refractivity contribution in [1.29, 1.82) is 0 Å². The van der Waals surface area contributed by atoms with Crippen LogP contribution in [0.2, 0.25) is 0 Å². The van der Waals surface area contributed by atoms with Gasteiger partial charge in [0.05, 0.1) is 0 Å². The highest BCUT2D eigenvalue weighted by molar-refractivity contribution is 5.28. The summed E-state index contributed by atoms with van der Waals surface area (Å²) in [5, 5.41) is 0. The summed E-state index contributed by atoms with van der Waals surface area (Å²) in [6.07, 6.45) is 8.02. The molecule has 0 bridgehead atoms. The number of hydrogen-bond donors (Lipinski definition) is 1. The summed E-state index contributed by atoms with van der Waals surface area (Å²) in [4.78, 5) is 2.66. The van der Waals surface area contributed by atoms with E-state index in [9.17, 15) is 0 Å². The maximum absolute atomic E-state index is 6.19. The maximum Gasteiger partial charge on any atom is 0.0309 e. The molecule has 1 saturated carbocycles. The Morgan fingerprint density at radius 3 is 2.60 bits per heavy atom. The Balaban J connectivity index is 1.77. The zero-order valence-electron chi connectivity index (χ0n) is 12.8. The predicted octanol–water partition coefficient (Wildman–Crippen LogP) is 3.34. The third kappa shape index (κ3) is 2.77. The number of rotatable bonds is 4. The van der Waals surface area contributed by atoms with E-state index in [1.165, 1.54) is 56.2 Å². The smallest absolute Gasteiger partial charge is 0.0309 e. The van der Waals surface area contributed by atoms with Crippen LogP contribution in [-0.2, 0) is 13.0 Å². The molecular formula is C18H28N2. The van der Waals surface area contributed by atoms with Crippen LogP contribution in [0, 0.1) is 5.92 Å². The summed E-state index contributed by atoms with van der Waals surface area (Å²) >= 11 is 0. The van der Waals surface area contributed by atoms with Crippen LogP contribution >= 0.6 is 0 Å². The largest absolute Gasteiger partial charge is 0.329 e. The number of aryl methyl sites for hydroxylation is 1. The molecule has 110 valence electrons. The first-order valence-corrected chi connectivity index (χ1v) is 8.23. The van der Waals surface area contributed by atoms with E-state index < -0.39 is 0 Å². The fraction of sp³-hybridized carbons (Fsp3) is 0.667. The van der Waals surface area contributed by atoms with Gasteiger partial charge in [0.25, 0.3) is 0 Å². The van der Waals surface area contributed by atoms with Crippen LogP contribution in [-0.4, -0.2) is 23.5 Å². The Morgan fingerprint density at radius 1 is 1.20 bits per heavy atom. The Kier molecular flexibility index (Phi) is 4.13. The molecule has 0 saturated heterocycles. The minimum atomic E-state index is 0.183. The van der Waals surface area contributed by atoms with Gasteiger partial charge < -0.3 is 5.73 Å². The van der Waals surface area contributed by atoms with Crippen LogP contribution in [0.1, 0.15) is 50.2 Å². The highest BCUT2D eigenvalue weighted by atomic mass is 15.2. The minimum Gasteiger partial charge on any atom is -0.329 e. The monoisotopic (exact) mass is 272 g/mol. The standard InChI is InChI=1S/C18H28N2/c1-18(14-19,12-15-6-4-7-15)20-11-5-10-16-8-2-3-9-17(16)13-20/h2-3,8-9,15H,4-7,10-14,19H2,1H3. The average molecular weight is 272 g/mol. The molecule has 2 heteroatoms. The second kappa shape index (κ2) is 5.87. The number of nitrogens with two attached hydrogens (primary N) is 1. The molecule has 2 nitrogen and oxygen atoms in total. The van der Waals surface area contributed by atoms with Gasteiger partial charge in [0.2, 0.25) is 0 Å². The van der Waals surface area contributed by atoms with Crippen molar-refractivity contribution in [2.75, 3.05) is 13.1 Å². The van der Waals surface area contributed by atoms with E-state index in [1.807, 2.05) is 0 Å². The molecule has 1 aliphatic carbocycles. The maximum atomic E-state index is 6.19. The summed E-state index contributed by atoms with van der Waals surface area (Å²) in [6.45, 7) is 5.44. The molecule has 1 heterocycles. The Labute approximate surface area is 123 Å². The molecule has 20 heavy (non-hydrogen) atoms. The van der Waals surface area contributed by atoms with Gasteiger partial charge in [-0.15, -0.1) is 0 Å². The SMILES string of the molecule is CC(CN)(CC1CCC1)N1CCCc2ccccc2C1. The molecule has 0 amide bonds. The third-order valence-electron chi connectivity index (χ3n) is 5.51. The molecule has 0 aromatic heterocycles. The summed E-state index contributed by atoms with van der Waals surface area (Å²) < 4.78 is 0. The van der Waals surface area contributed by atoms with E-state index in [0.717, 1.165) is 19.0 Å². The van der Waals surface area contributed by atoms with Gasteiger partial charge >= 0.3 is 0 Å². The van der Waals surface area contributed by atoms with Crippen molar-refractivity contribution in [2.24, 2.45) is 11.7 Å². The molecular weight excluding hydrogens is 244 g/mol. The van der Waals surface area contributed by atoms with E-state index in [-0.39, 0.29) is 5.54 Å². The van der Waals surface area contributed by atoms with Crippen LogP contribution in [0.3, 0.4) is 0 Å². The average Bonchev–Trinajstić information content (AvgIpc) is 2.65. The highest BCUT2D eigenvalue weighted by Gasteiger charge is 2.35. The van der Waals surface area contributed by atoms with Crippen molar-refractivity contribution in [2.45, 2.75) is 57.5 Å². The minimum absolute atomic E-state index is 0.183. The molecule has 1 aromatic carbocycles. The molecule has 0 radical (unpaired) electrons. The first-order chi connectivity index (χ1) is 9.71. The van der Waals surface area contributed by atoms with E-state index >= 15 is 0 Å². The summed E-state index contributed by atoms with van der Waals surface area (Å²) in [7, 11) is 0. The Bertz CT molecular complexity index is 452. The number of hydrogen-bond acceptors (Lipinski definition) is 2. The summed E-state index contributed by atoms with van der Waals surface area (Å²) in [5.74, 6) is 0.919. The molecule has 2 N–H and O–H groups in total. The lowest BCUT2D eigenvalue weighted by Crippen LogP contribution is -2.52. The van der Waals surface area contributed by atoms with Crippen molar-refractivity contribution >= 4 is 0 Å². The Morgan fingerprint density at radius 2 is 1.95 bits per heavy atom. The lowest BCUT2D eigenvalue weighted by atomic mass is 9.76. The van der Waals surface area contributed by atoms with Gasteiger partial charge in [0, 0.05) is 18.6 Å². The molecule has 0 spiro atoms. The lowest BCUT2D eigenvalue weighted by molar-refractivity contribution is 0.0622. The zero-order valence-corrected chi connectivity index (χ0v) is 12.8. The van der Waals surface area contributed by atoms with Gasteiger partial charge in [-0.25, -0.2) is 0 Å². The van der Waals surface area contributed by atoms with Gasteiger partial charge in [-0.3, -0.25) is 4.90 Å². The quantitative estimate of drug-likeness (QED) is 0.911. The highest BCUT2D eigenvalue weighted by Crippen LogP contribution is 2.37. The summed E-state index contributed by atoms with van der Waals surface area (Å²) in [6, 6.07) is 8.94. The molecule has 1 aromatic rings. The van der Waals surface area contributed by atoms with E-state index in [0.29, 0.717) is 0 Å². The van der Waals surface area contributed by atoms with Crippen LogP contribution in [0.15, 0.2) is 24.3 Å². The first-order valence-electron chi connectivity index (χ1n) is 8.23. The van der Waals surface area contributed by atoms with Crippen LogP contribution in [0.5, 0.6) is 0 Å². The molecule has 1 fully saturated rings. The van der Waals surface area contributed by atoms with E-state index in [2.05, 4.69) is 36.1 Å². The van der Waals surface area contributed by atoms with Crippen molar-refractivity contribution < 1.29 is 0 Å². The van der Waals surface area contributed by atoms with Gasteiger partial charge in [-0.05, 0) is 49.8 Å². The normalized spacial score (nSPS) is 23.5. The fourth-order valence-electron chi connectivity index (χ4n) is 3.82. The first kappa shape index (κ1) is 14.1. The van der Waals surface area contributed by atoms with Crippen molar-refractivity contribution in [3.63, 3.8) is 0 Å². The van der Waals surface area contributed by atoms with Gasteiger partial charge in [-0.1, -0.05) is 43.5 Å². The second-order valence-corrected chi connectivity index (χ2v) is 7.00. The Hall–Kier alpha value is -0.860. The fourth-order valence-corrected chi connectivity index (χ4v) is 3.82. The zero-order chi connectivity index (χ0) is 14.0. The molecule has 1 atom stereocenters. The topological polar surface area (TPSA) is 29.3 Å². The number of fused-ring (bicyclic) bond motifs is 1. The molecule has 1 aliphatic heterocycles. The van der Waals surface area contributed by atoms with Crippen LogP contribution < -0.4 is 5.73 Å². The van der Waals surface area contributed by atoms with Crippen LogP contribution in [0.4, 0.5) is 0 Å². The van der Waals surface area contributed by atoms with Crippen LogP contribution in [0.25, 0.3) is 0 Å². The summed E-state index contributed by atoms with van der Waals surface area (Å²) in [5.41, 5.74) is 9.43. The van der Waals surface area contributed by atoms with Crippen molar-refractivity contribution in [3.05, 3.63) is 35.4 Å². The molecule has 3 rings (SSSR count). The van der Waals surface area contributed by atoms with Crippen molar-refractivity contribution in [3.8, 4) is 0 Å². The van der Waals surface area contributed by atoms with Gasteiger partial charge in [-0.2, -0.15) is 0 Å². The third-order valence-corrected chi connectivity index (χ3v) is 5.51. The second-order valence-electron chi connectivity index (χ2n) is 7.00. The lowest BCUT2D eigenvalue weighted by Gasteiger charge is -2.44. The van der Waals surface area contributed by atoms with Gasteiger partial charge in [0.15, 0.2) is 0 Å². The number of nitrogens with zero attached hydrogens (tertiary/aromatic N) is 1. The predicted molar refractivity (Wildman–Crippen MR) is 84.6 cm³/mol.